The first-order chi connectivity index (χ1) is 12.1. The molecule has 0 fully saturated rings. The highest BCUT2D eigenvalue weighted by Gasteiger charge is 2.12. The lowest BCUT2D eigenvalue weighted by molar-refractivity contribution is -0.148. The Morgan fingerprint density at radius 2 is 1.84 bits per heavy atom. The third kappa shape index (κ3) is 4.77. The molecule has 0 aliphatic heterocycles. The first kappa shape index (κ1) is 16.9. The van der Waals surface area contributed by atoms with Crippen molar-refractivity contribution in [3.63, 3.8) is 0 Å². The summed E-state index contributed by atoms with van der Waals surface area (Å²) in [5.74, 6) is -0.0427. The van der Waals surface area contributed by atoms with Gasteiger partial charge in [0.25, 0.3) is 5.89 Å². The predicted octanol–water partition coefficient (Wildman–Crippen LogP) is 3.65. The van der Waals surface area contributed by atoms with Gasteiger partial charge in [-0.2, -0.15) is 4.98 Å². The van der Waals surface area contributed by atoms with Crippen molar-refractivity contribution in [3.05, 3.63) is 65.3 Å². The zero-order chi connectivity index (χ0) is 17.6. The molecule has 0 N–H and O–H groups in total. The van der Waals surface area contributed by atoms with Gasteiger partial charge in [0.15, 0.2) is 13.2 Å². The Hall–Kier alpha value is -2.93. The van der Waals surface area contributed by atoms with Gasteiger partial charge in [-0.15, -0.1) is 0 Å². The molecule has 0 aliphatic carbocycles. The van der Waals surface area contributed by atoms with Crippen molar-refractivity contribution in [2.24, 2.45) is 0 Å². The highest BCUT2D eigenvalue weighted by atomic mass is 35.5. The van der Waals surface area contributed by atoms with Crippen LogP contribution in [0.1, 0.15) is 5.89 Å². The Kier molecular flexibility index (Phi) is 5.25. The number of ether oxygens (including phenoxy) is 2. The van der Waals surface area contributed by atoms with Crippen LogP contribution in [0.4, 0.5) is 4.39 Å². The van der Waals surface area contributed by atoms with Gasteiger partial charge in [0.1, 0.15) is 11.6 Å². The maximum Gasteiger partial charge on any atom is 0.344 e. The van der Waals surface area contributed by atoms with Crippen LogP contribution in [-0.4, -0.2) is 22.7 Å². The van der Waals surface area contributed by atoms with Crippen molar-refractivity contribution in [2.75, 3.05) is 6.61 Å². The van der Waals surface area contributed by atoms with Crippen molar-refractivity contribution in [1.82, 2.24) is 10.1 Å². The van der Waals surface area contributed by atoms with Gasteiger partial charge in [0, 0.05) is 10.6 Å². The smallest absolute Gasteiger partial charge is 0.344 e. The number of benzene rings is 2. The van der Waals surface area contributed by atoms with Gasteiger partial charge < -0.3 is 14.0 Å². The van der Waals surface area contributed by atoms with Gasteiger partial charge in [0.2, 0.25) is 5.82 Å². The summed E-state index contributed by atoms with van der Waals surface area (Å²) in [5.41, 5.74) is 0.591. The van der Waals surface area contributed by atoms with E-state index < -0.39 is 5.97 Å². The molecule has 0 spiro atoms. The molecule has 0 amide bonds. The minimum Gasteiger partial charge on any atom is -0.482 e. The van der Waals surface area contributed by atoms with Crippen LogP contribution in [0.15, 0.2) is 53.1 Å². The lowest BCUT2D eigenvalue weighted by atomic mass is 10.2. The highest BCUT2D eigenvalue weighted by Crippen LogP contribution is 2.17. The number of carbonyl (C=O) groups excluding carboxylic acids is 1. The van der Waals surface area contributed by atoms with Crippen LogP contribution >= 0.6 is 11.6 Å². The fraction of sp³-hybridized carbons (Fsp3) is 0.118. The third-order valence-corrected chi connectivity index (χ3v) is 3.35. The molecule has 0 atom stereocenters. The van der Waals surface area contributed by atoms with Gasteiger partial charge >= 0.3 is 5.97 Å². The summed E-state index contributed by atoms with van der Waals surface area (Å²) in [4.78, 5) is 15.7. The van der Waals surface area contributed by atoms with Crippen LogP contribution in [0.25, 0.3) is 11.4 Å². The van der Waals surface area contributed by atoms with E-state index in [1.807, 2.05) is 0 Å². The number of carbonyl (C=O) groups is 1. The Morgan fingerprint density at radius 3 is 2.56 bits per heavy atom. The molecular formula is C17H12ClFN2O4. The van der Waals surface area contributed by atoms with E-state index in [0.717, 1.165) is 0 Å². The lowest BCUT2D eigenvalue weighted by Crippen LogP contribution is -2.14. The number of hydrogen-bond acceptors (Lipinski definition) is 6. The number of hydrogen-bond donors (Lipinski definition) is 0. The van der Waals surface area contributed by atoms with Gasteiger partial charge in [-0.25, -0.2) is 9.18 Å². The molecule has 0 radical (unpaired) electrons. The molecule has 0 saturated carbocycles. The molecule has 3 aromatic rings. The van der Waals surface area contributed by atoms with E-state index in [2.05, 4.69) is 10.1 Å². The average molecular weight is 363 g/mol. The second-order valence-electron chi connectivity index (χ2n) is 4.92. The Balaban J connectivity index is 1.49. The fourth-order valence-electron chi connectivity index (χ4n) is 1.89. The highest BCUT2D eigenvalue weighted by molar-refractivity contribution is 6.30. The largest absolute Gasteiger partial charge is 0.482 e. The van der Waals surface area contributed by atoms with Gasteiger partial charge in [0.05, 0.1) is 0 Å². The number of halogens is 2. The minimum absolute atomic E-state index is 0.124. The molecule has 25 heavy (non-hydrogen) atoms. The molecule has 8 heteroatoms. The zero-order valence-corrected chi connectivity index (χ0v) is 13.6. The summed E-state index contributed by atoms with van der Waals surface area (Å²) in [6.07, 6.45) is 0. The van der Waals surface area contributed by atoms with Crippen LogP contribution in [0.3, 0.4) is 0 Å². The molecule has 0 unspecified atom stereocenters. The van der Waals surface area contributed by atoms with Gasteiger partial charge in [-0.1, -0.05) is 16.8 Å². The predicted molar refractivity (Wildman–Crippen MR) is 86.4 cm³/mol. The van der Waals surface area contributed by atoms with E-state index >= 15 is 0 Å². The van der Waals surface area contributed by atoms with Crippen molar-refractivity contribution in [2.45, 2.75) is 6.61 Å². The van der Waals surface area contributed by atoms with E-state index in [1.165, 1.54) is 24.3 Å². The average Bonchev–Trinajstić information content (AvgIpc) is 3.09. The topological polar surface area (TPSA) is 74.5 Å². The van der Waals surface area contributed by atoms with E-state index in [9.17, 15) is 9.18 Å². The lowest BCUT2D eigenvalue weighted by Gasteiger charge is -2.05. The molecule has 3 rings (SSSR count). The quantitative estimate of drug-likeness (QED) is 0.623. The minimum atomic E-state index is -0.587. The maximum atomic E-state index is 12.9. The van der Waals surface area contributed by atoms with Crippen molar-refractivity contribution in [3.8, 4) is 17.1 Å². The van der Waals surface area contributed by atoms with Crippen LogP contribution in [-0.2, 0) is 16.1 Å². The van der Waals surface area contributed by atoms with Gasteiger partial charge in [-0.3, -0.25) is 0 Å². The Morgan fingerprint density at radius 1 is 1.12 bits per heavy atom. The molecule has 0 saturated heterocycles. The van der Waals surface area contributed by atoms with Crippen molar-refractivity contribution < 1.29 is 23.2 Å². The molecule has 1 aromatic heterocycles. The van der Waals surface area contributed by atoms with Crippen molar-refractivity contribution in [1.29, 1.82) is 0 Å². The summed E-state index contributed by atoms with van der Waals surface area (Å²) < 4.78 is 28.1. The molecule has 128 valence electrons. The maximum absolute atomic E-state index is 12.9. The number of rotatable bonds is 6. The number of aromatic nitrogens is 2. The monoisotopic (exact) mass is 362 g/mol. The Bertz CT molecular complexity index is 850. The van der Waals surface area contributed by atoms with Gasteiger partial charge in [-0.05, 0) is 48.5 Å². The summed E-state index contributed by atoms with van der Waals surface area (Å²) in [6.45, 7) is -0.447. The van der Waals surface area contributed by atoms with E-state index in [1.54, 1.807) is 24.3 Å². The zero-order valence-electron chi connectivity index (χ0n) is 12.8. The number of esters is 1. The van der Waals surface area contributed by atoms with E-state index in [-0.39, 0.29) is 30.7 Å². The second kappa shape index (κ2) is 7.76. The summed E-state index contributed by atoms with van der Waals surface area (Å²) in [6, 6.07) is 12.2. The molecule has 0 aliphatic rings. The Labute approximate surface area is 147 Å². The van der Waals surface area contributed by atoms with Crippen LogP contribution < -0.4 is 4.74 Å². The van der Waals surface area contributed by atoms with E-state index in [0.29, 0.717) is 16.3 Å². The van der Waals surface area contributed by atoms with Crippen LogP contribution in [0.5, 0.6) is 5.75 Å². The standard InChI is InChI=1S/C17H12ClFN2O4/c18-12-3-7-14(8-4-12)23-10-16(22)24-9-15-20-17(21-25-15)11-1-5-13(19)6-2-11/h1-8H,9-10H2. The molecular weight excluding hydrogens is 351 g/mol. The fourth-order valence-corrected chi connectivity index (χ4v) is 2.01. The molecule has 6 nitrogen and oxygen atoms in total. The molecule has 0 bridgehead atoms. The van der Waals surface area contributed by atoms with E-state index in [4.69, 9.17) is 25.6 Å². The SMILES string of the molecule is O=C(COc1ccc(Cl)cc1)OCc1nc(-c2ccc(F)cc2)no1. The summed E-state index contributed by atoms with van der Waals surface area (Å²) >= 11 is 5.76. The second-order valence-corrected chi connectivity index (χ2v) is 5.36. The normalized spacial score (nSPS) is 10.5. The first-order valence-corrected chi connectivity index (χ1v) is 7.60. The third-order valence-electron chi connectivity index (χ3n) is 3.10. The molecule has 1 heterocycles. The summed E-state index contributed by atoms with van der Waals surface area (Å²) in [5, 5.41) is 4.32. The summed E-state index contributed by atoms with van der Waals surface area (Å²) in [7, 11) is 0. The number of nitrogens with zero attached hydrogens (tertiary/aromatic N) is 2. The first-order valence-electron chi connectivity index (χ1n) is 7.23. The van der Waals surface area contributed by atoms with Crippen molar-refractivity contribution >= 4 is 17.6 Å². The van der Waals surface area contributed by atoms with Crippen LogP contribution in [0.2, 0.25) is 5.02 Å². The van der Waals surface area contributed by atoms with Crippen LogP contribution in [0, 0.1) is 5.82 Å². The molecule has 2 aromatic carbocycles.